The first kappa shape index (κ1) is 22.0. The lowest BCUT2D eigenvalue weighted by Crippen LogP contribution is -2.49. The average Bonchev–Trinajstić information content (AvgIpc) is 3.11. The van der Waals surface area contributed by atoms with E-state index in [2.05, 4.69) is 15.6 Å². The van der Waals surface area contributed by atoms with Crippen LogP contribution in [-0.4, -0.2) is 44.5 Å². The van der Waals surface area contributed by atoms with E-state index in [1.807, 2.05) is 0 Å². The molecule has 9 heteroatoms. The lowest BCUT2D eigenvalue weighted by Gasteiger charge is -2.31. The Hall–Kier alpha value is -2.32. The molecule has 0 saturated heterocycles. The molecule has 1 aliphatic carbocycles. The summed E-state index contributed by atoms with van der Waals surface area (Å²) in [5.74, 6) is -0.620. The number of aliphatic imine (C=N–C) groups is 1. The molecule has 2 N–H and O–H groups in total. The second-order valence-corrected chi connectivity index (χ2v) is 7.27. The Morgan fingerprint density at radius 1 is 1.21 bits per heavy atom. The number of amides is 1. The van der Waals surface area contributed by atoms with Crippen LogP contribution < -0.4 is 10.6 Å². The van der Waals surface area contributed by atoms with Crippen molar-refractivity contribution in [2.45, 2.75) is 38.4 Å². The maximum absolute atomic E-state index is 13.2. The van der Waals surface area contributed by atoms with Crippen molar-refractivity contribution in [3.63, 3.8) is 0 Å². The van der Waals surface area contributed by atoms with E-state index >= 15 is 0 Å². The van der Waals surface area contributed by atoms with Crippen molar-refractivity contribution >= 4 is 11.9 Å². The zero-order valence-corrected chi connectivity index (χ0v) is 16.3. The van der Waals surface area contributed by atoms with Crippen molar-refractivity contribution in [2.24, 2.45) is 10.4 Å². The smallest absolute Gasteiger partial charge is 0.355 e. The number of benzene rings is 1. The Bertz CT molecular complexity index is 725. The molecule has 1 saturated carbocycles. The Balaban J connectivity index is 2.05. The molecular weight excluding hydrogens is 376 g/mol. The van der Waals surface area contributed by atoms with Crippen LogP contribution in [0.3, 0.4) is 0 Å². The molecule has 1 fully saturated rings. The van der Waals surface area contributed by atoms with Crippen LogP contribution in [0, 0.1) is 11.2 Å². The summed E-state index contributed by atoms with van der Waals surface area (Å²) >= 11 is 0. The second-order valence-electron chi connectivity index (χ2n) is 7.27. The van der Waals surface area contributed by atoms with Gasteiger partial charge in [-0.25, -0.2) is 4.39 Å². The number of alkyl halides is 3. The molecule has 1 amide bonds. The number of rotatable bonds is 5. The maximum Gasteiger partial charge on any atom is 0.416 e. The number of carbonyl (C=O) groups is 1. The standard InChI is InChI=1S/C19H26F4N4O/c1-24-17(26-12-18(8-4-5-9-18)16(28)27(2)3)25-11-13-6-7-14(20)10-15(13)19(21,22)23/h6-7,10H,4-5,8-9,11-12H2,1-3H3,(H2,24,25,26). The van der Waals surface area contributed by atoms with E-state index in [-0.39, 0.29) is 24.0 Å². The lowest BCUT2D eigenvalue weighted by molar-refractivity contribution is -0.139. The van der Waals surface area contributed by atoms with Crippen LogP contribution in [0.25, 0.3) is 0 Å². The molecule has 0 atom stereocenters. The van der Waals surface area contributed by atoms with E-state index in [1.54, 1.807) is 19.0 Å². The lowest BCUT2D eigenvalue weighted by atomic mass is 9.84. The van der Waals surface area contributed by atoms with E-state index in [0.717, 1.165) is 37.8 Å². The van der Waals surface area contributed by atoms with Crippen molar-refractivity contribution in [2.75, 3.05) is 27.7 Å². The summed E-state index contributed by atoms with van der Waals surface area (Å²) in [4.78, 5) is 18.2. The van der Waals surface area contributed by atoms with Crippen molar-refractivity contribution in [1.29, 1.82) is 0 Å². The van der Waals surface area contributed by atoms with Gasteiger partial charge < -0.3 is 15.5 Å². The first-order chi connectivity index (χ1) is 13.1. The van der Waals surface area contributed by atoms with Crippen LogP contribution in [0.4, 0.5) is 17.6 Å². The van der Waals surface area contributed by atoms with Gasteiger partial charge in [0.1, 0.15) is 5.82 Å². The predicted molar refractivity (Wildman–Crippen MR) is 99.2 cm³/mol. The summed E-state index contributed by atoms with van der Waals surface area (Å²) in [6.45, 7) is 0.169. The van der Waals surface area contributed by atoms with Gasteiger partial charge in [-0.15, -0.1) is 0 Å². The third kappa shape index (κ3) is 5.14. The van der Waals surface area contributed by atoms with Crippen LogP contribution in [0.2, 0.25) is 0 Å². The largest absolute Gasteiger partial charge is 0.416 e. The first-order valence-electron chi connectivity index (χ1n) is 9.11. The third-order valence-electron chi connectivity index (χ3n) is 5.06. The minimum Gasteiger partial charge on any atom is -0.355 e. The molecule has 0 aromatic heterocycles. The molecule has 1 aromatic rings. The minimum atomic E-state index is -4.65. The first-order valence-corrected chi connectivity index (χ1v) is 9.11. The van der Waals surface area contributed by atoms with Gasteiger partial charge in [-0.2, -0.15) is 13.2 Å². The summed E-state index contributed by atoms with van der Waals surface area (Å²) in [5, 5.41) is 5.88. The summed E-state index contributed by atoms with van der Waals surface area (Å²) in [6, 6.07) is 2.58. The molecule has 0 aliphatic heterocycles. The average molecular weight is 402 g/mol. The quantitative estimate of drug-likeness (QED) is 0.452. The van der Waals surface area contributed by atoms with Crippen LogP contribution >= 0.6 is 0 Å². The van der Waals surface area contributed by atoms with Crippen LogP contribution in [0.1, 0.15) is 36.8 Å². The van der Waals surface area contributed by atoms with Crippen LogP contribution in [0.15, 0.2) is 23.2 Å². The van der Waals surface area contributed by atoms with Gasteiger partial charge in [-0.1, -0.05) is 18.9 Å². The van der Waals surface area contributed by atoms with Crippen LogP contribution in [0.5, 0.6) is 0 Å². The van der Waals surface area contributed by atoms with Gasteiger partial charge in [-0.05, 0) is 30.5 Å². The number of nitrogens with zero attached hydrogens (tertiary/aromatic N) is 2. The van der Waals surface area contributed by atoms with Gasteiger partial charge in [0.25, 0.3) is 0 Å². The number of carbonyl (C=O) groups excluding carboxylic acids is 1. The van der Waals surface area contributed by atoms with Gasteiger partial charge in [0.05, 0.1) is 11.0 Å². The minimum absolute atomic E-state index is 0.0332. The predicted octanol–water partition coefficient (Wildman–Crippen LogP) is 3.16. The van der Waals surface area contributed by atoms with Crippen molar-refractivity contribution in [1.82, 2.24) is 15.5 Å². The number of hydrogen-bond acceptors (Lipinski definition) is 2. The SMILES string of the molecule is CN=C(NCc1ccc(F)cc1C(F)(F)F)NCC1(C(=O)N(C)C)CCCC1. The molecule has 0 radical (unpaired) electrons. The highest BCUT2D eigenvalue weighted by molar-refractivity contribution is 5.85. The highest BCUT2D eigenvalue weighted by atomic mass is 19.4. The topological polar surface area (TPSA) is 56.7 Å². The molecule has 0 bridgehead atoms. The van der Waals surface area contributed by atoms with Crippen LogP contribution in [-0.2, 0) is 17.5 Å². The molecule has 0 unspecified atom stereocenters. The number of hydrogen-bond donors (Lipinski definition) is 2. The highest BCUT2D eigenvalue weighted by Gasteiger charge is 2.42. The number of halogens is 4. The van der Waals surface area contributed by atoms with Crippen molar-refractivity contribution in [3.8, 4) is 0 Å². The fourth-order valence-electron chi connectivity index (χ4n) is 3.61. The second kappa shape index (κ2) is 8.79. The molecule has 0 spiro atoms. The highest BCUT2D eigenvalue weighted by Crippen LogP contribution is 2.39. The molecule has 0 heterocycles. The maximum atomic E-state index is 13.2. The molecule has 5 nitrogen and oxygen atoms in total. The Kier molecular flexibility index (Phi) is 6.90. The summed E-state index contributed by atoms with van der Waals surface area (Å²) in [5.41, 5.74) is -1.64. The summed E-state index contributed by atoms with van der Waals surface area (Å²) in [6.07, 6.45) is -1.23. The molecular formula is C19H26F4N4O. The molecule has 156 valence electrons. The zero-order chi connectivity index (χ0) is 20.9. The Morgan fingerprint density at radius 3 is 2.39 bits per heavy atom. The fraction of sp³-hybridized carbons (Fsp3) is 0.579. The fourth-order valence-corrected chi connectivity index (χ4v) is 3.61. The number of nitrogens with one attached hydrogen (secondary N) is 2. The van der Waals surface area contributed by atoms with E-state index < -0.39 is 23.0 Å². The van der Waals surface area contributed by atoms with Gasteiger partial charge in [-0.3, -0.25) is 9.79 Å². The Labute approximate surface area is 162 Å². The van der Waals surface area contributed by atoms with E-state index in [0.29, 0.717) is 12.6 Å². The molecule has 1 aromatic carbocycles. The van der Waals surface area contributed by atoms with Crippen molar-refractivity contribution < 1.29 is 22.4 Å². The summed E-state index contributed by atoms with van der Waals surface area (Å²) in [7, 11) is 4.92. The molecule has 1 aliphatic rings. The van der Waals surface area contributed by atoms with E-state index in [4.69, 9.17) is 0 Å². The molecule has 2 rings (SSSR count). The van der Waals surface area contributed by atoms with Gasteiger partial charge in [0.2, 0.25) is 5.91 Å². The van der Waals surface area contributed by atoms with E-state index in [9.17, 15) is 22.4 Å². The number of guanidine groups is 1. The normalized spacial score (nSPS) is 16.8. The summed E-state index contributed by atoms with van der Waals surface area (Å²) < 4.78 is 52.6. The third-order valence-corrected chi connectivity index (χ3v) is 5.06. The molecule has 28 heavy (non-hydrogen) atoms. The van der Waals surface area contributed by atoms with Gasteiger partial charge in [0, 0.05) is 34.2 Å². The van der Waals surface area contributed by atoms with Gasteiger partial charge >= 0.3 is 6.18 Å². The monoisotopic (exact) mass is 402 g/mol. The van der Waals surface area contributed by atoms with Crippen molar-refractivity contribution in [3.05, 3.63) is 35.1 Å². The van der Waals surface area contributed by atoms with E-state index in [1.165, 1.54) is 7.05 Å². The zero-order valence-electron chi connectivity index (χ0n) is 16.3. The van der Waals surface area contributed by atoms with Gasteiger partial charge in [0.15, 0.2) is 5.96 Å². The Morgan fingerprint density at radius 2 is 1.86 bits per heavy atom.